The molecule has 0 amide bonds. The average Bonchev–Trinajstić information content (AvgIpc) is 2.86. The van der Waals surface area contributed by atoms with Gasteiger partial charge in [-0.05, 0) is 32.0 Å². The van der Waals surface area contributed by atoms with Crippen molar-refractivity contribution in [2.24, 2.45) is 0 Å². The van der Waals surface area contributed by atoms with Gasteiger partial charge in [0, 0.05) is 35.4 Å². The smallest absolute Gasteiger partial charge is 0.340 e. The topological polar surface area (TPSA) is 77.2 Å². The highest BCUT2D eigenvalue weighted by molar-refractivity contribution is 7.09. The number of hydrogen-bond acceptors (Lipinski definition) is 6. The Kier molecular flexibility index (Phi) is 5.16. The van der Waals surface area contributed by atoms with Crippen molar-refractivity contribution in [2.75, 3.05) is 24.2 Å². The first-order valence-corrected chi connectivity index (χ1v) is 7.69. The second kappa shape index (κ2) is 7.08. The summed E-state index contributed by atoms with van der Waals surface area (Å²) in [5, 5.41) is 6.41. The number of carbonyl (C=O) groups excluding carboxylic acids is 1. The van der Waals surface area contributed by atoms with Crippen LogP contribution in [-0.2, 0) is 11.2 Å². The number of hydrogen-bond donors (Lipinski definition) is 2. The van der Waals surface area contributed by atoms with Gasteiger partial charge in [0.1, 0.15) is 0 Å². The van der Waals surface area contributed by atoms with E-state index in [1.54, 1.807) is 30.4 Å². The number of nitrogens with zero attached hydrogens (tertiary/aromatic N) is 1. The van der Waals surface area contributed by atoms with Gasteiger partial charge in [-0.1, -0.05) is 0 Å². The monoisotopic (exact) mass is 305 g/mol. The van der Waals surface area contributed by atoms with Gasteiger partial charge in [-0.25, -0.2) is 9.78 Å². The Morgan fingerprint density at radius 1 is 1.48 bits per heavy atom. The SMILES string of the molecule is CCOC(=O)c1cc(NCCc2nc(C)cs2)ccc1N. The first-order chi connectivity index (χ1) is 10.1. The number of esters is 1. The minimum Gasteiger partial charge on any atom is -0.462 e. The van der Waals surface area contributed by atoms with Crippen LogP contribution in [0, 0.1) is 6.92 Å². The average molecular weight is 305 g/mol. The lowest BCUT2D eigenvalue weighted by Crippen LogP contribution is -2.10. The summed E-state index contributed by atoms with van der Waals surface area (Å²) in [6, 6.07) is 5.29. The van der Waals surface area contributed by atoms with E-state index in [4.69, 9.17) is 10.5 Å². The predicted molar refractivity (Wildman–Crippen MR) is 85.9 cm³/mol. The van der Waals surface area contributed by atoms with Gasteiger partial charge in [-0.15, -0.1) is 11.3 Å². The highest BCUT2D eigenvalue weighted by atomic mass is 32.1. The molecule has 2 aromatic rings. The summed E-state index contributed by atoms with van der Waals surface area (Å²) >= 11 is 1.66. The van der Waals surface area contributed by atoms with Crippen molar-refractivity contribution in [1.29, 1.82) is 0 Å². The normalized spacial score (nSPS) is 10.4. The van der Waals surface area contributed by atoms with E-state index < -0.39 is 5.97 Å². The van der Waals surface area contributed by atoms with Crippen LogP contribution < -0.4 is 11.1 Å². The van der Waals surface area contributed by atoms with Crippen molar-refractivity contribution in [3.8, 4) is 0 Å². The maximum absolute atomic E-state index is 11.8. The quantitative estimate of drug-likeness (QED) is 0.634. The third-order valence-corrected chi connectivity index (χ3v) is 3.91. The van der Waals surface area contributed by atoms with E-state index in [1.807, 2.05) is 18.4 Å². The van der Waals surface area contributed by atoms with E-state index >= 15 is 0 Å². The summed E-state index contributed by atoms with van der Waals surface area (Å²) in [5.41, 5.74) is 8.52. The lowest BCUT2D eigenvalue weighted by atomic mass is 10.1. The third-order valence-electron chi connectivity index (χ3n) is 2.88. The fourth-order valence-electron chi connectivity index (χ4n) is 1.88. The molecule has 0 aliphatic rings. The number of ether oxygens (including phenoxy) is 1. The molecule has 0 aliphatic carbocycles. The van der Waals surface area contributed by atoms with Gasteiger partial charge in [0.2, 0.25) is 0 Å². The van der Waals surface area contributed by atoms with Crippen molar-refractivity contribution in [3.63, 3.8) is 0 Å². The largest absolute Gasteiger partial charge is 0.462 e. The molecular formula is C15H19N3O2S. The third kappa shape index (κ3) is 4.19. The molecule has 21 heavy (non-hydrogen) atoms. The number of thiazole rings is 1. The molecule has 1 aromatic heterocycles. The number of carbonyl (C=O) groups is 1. The molecule has 0 saturated carbocycles. The van der Waals surface area contributed by atoms with Crippen LogP contribution in [0.5, 0.6) is 0 Å². The summed E-state index contributed by atoms with van der Waals surface area (Å²) in [6.45, 7) is 4.84. The van der Waals surface area contributed by atoms with E-state index in [1.165, 1.54) is 0 Å². The Labute approximate surface area is 128 Å². The summed E-state index contributed by atoms with van der Waals surface area (Å²) in [5.74, 6) is -0.394. The molecule has 6 heteroatoms. The van der Waals surface area contributed by atoms with Gasteiger partial charge in [-0.3, -0.25) is 0 Å². The van der Waals surface area contributed by atoms with Crippen molar-refractivity contribution in [1.82, 2.24) is 4.98 Å². The summed E-state index contributed by atoms with van der Waals surface area (Å²) in [6.07, 6.45) is 0.845. The fourth-order valence-corrected chi connectivity index (χ4v) is 2.66. The first kappa shape index (κ1) is 15.3. The molecule has 112 valence electrons. The van der Waals surface area contributed by atoms with E-state index in [0.29, 0.717) is 17.9 Å². The van der Waals surface area contributed by atoms with Crippen LogP contribution in [-0.4, -0.2) is 24.1 Å². The number of nitrogens with two attached hydrogens (primary N) is 1. The van der Waals surface area contributed by atoms with Gasteiger partial charge in [0.05, 0.1) is 17.2 Å². The summed E-state index contributed by atoms with van der Waals surface area (Å²) in [4.78, 5) is 16.2. The molecule has 0 bridgehead atoms. The number of rotatable bonds is 6. The second-order valence-electron chi connectivity index (χ2n) is 4.58. The van der Waals surface area contributed by atoms with Crippen LogP contribution >= 0.6 is 11.3 Å². The zero-order valence-electron chi connectivity index (χ0n) is 12.2. The minimum atomic E-state index is -0.394. The number of nitrogen functional groups attached to an aromatic ring is 1. The molecule has 0 fully saturated rings. The summed E-state index contributed by atoms with van der Waals surface area (Å²) < 4.78 is 4.99. The molecule has 3 N–H and O–H groups in total. The Hall–Kier alpha value is -2.08. The predicted octanol–water partition coefficient (Wildman–Crippen LogP) is 2.87. The number of aryl methyl sites for hydroxylation is 1. The standard InChI is InChI=1S/C15H19N3O2S/c1-3-20-15(19)12-8-11(4-5-13(12)16)17-7-6-14-18-10(2)9-21-14/h4-5,8-9,17H,3,6-7,16H2,1-2H3. The number of nitrogens with one attached hydrogen (secondary N) is 1. The molecule has 0 saturated heterocycles. The van der Waals surface area contributed by atoms with E-state index in [0.717, 1.165) is 29.4 Å². The Morgan fingerprint density at radius 2 is 2.29 bits per heavy atom. The van der Waals surface area contributed by atoms with Crippen molar-refractivity contribution in [3.05, 3.63) is 39.8 Å². The van der Waals surface area contributed by atoms with E-state index in [2.05, 4.69) is 10.3 Å². The van der Waals surface area contributed by atoms with Gasteiger partial charge >= 0.3 is 5.97 Å². The maximum Gasteiger partial charge on any atom is 0.340 e. The zero-order chi connectivity index (χ0) is 15.2. The molecule has 0 atom stereocenters. The number of anilines is 2. The molecule has 0 spiro atoms. The molecule has 2 rings (SSSR count). The van der Waals surface area contributed by atoms with Crippen LogP contribution in [0.15, 0.2) is 23.6 Å². The van der Waals surface area contributed by atoms with Crippen molar-refractivity contribution in [2.45, 2.75) is 20.3 Å². The van der Waals surface area contributed by atoms with Crippen molar-refractivity contribution < 1.29 is 9.53 Å². The van der Waals surface area contributed by atoms with Crippen LogP contribution in [0.25, 0.3) is 0 Å². The van der Waals surface area contributed by atoms with Gasteiger partial charge in [0.15, 0.2) is 0 Å². The molecule has 1 aromatic carbocycles. The zero-order valence-corrected chi connectivity index (χ0v) is 13.0. The molecule has 5 nitrogen and oxygen atoms in total. The van der Waals surface area contributed by atoms with Gasteiger partial charge in [-0.2, -0.15) is 0 Å². The lowest BCUT2D eigenvalue weighted by Gasteiger charge is -2.09. The van der Waals surface area contributed by atoms with E-state index in [-0.39, 0.29) is 0 Å². The van der Waals surface area contributed by atoms with E-state index in [9.17, 15) is 4.79 Å². The number of aromatic nitrogens is 1. The Bertz CT molecular complexity index is 625. The minimum absolute atomic E-state index is 0.333. The fraction of sp³-hybridized carbons (Fsp3) is 0.333. The molecule has 0 radical (unpaired) electrons. The molecular weight excluding hydrogens is 286 g/mol. The van der Waals surface area contributed by atoms with Crippen LogP contribution in [0.1, 0.15) is 28.0 Å². The maximum atomic E-state index is 11.8. The second-order valence-corrected chi connectivity index (χ2v) is 5.52. The van der Waals surface area contributed by atoms with Gasteiger partial charge in [0.25, 0.3) is 0 Å². The molecule has 1 heterocycles. The highest BCUT2D eigenvalue weighted by Gasteiger charge is 2.11. The lowest BCUT2D eigenvalue weighted by molar-refractivity contribution is 0.0527. The van der Waals surface area contributed by atoms with Crippen LogP contribution in [0.4, 0.5) is 11.4 Å². The van der Waals surface area contributed by atoms with Gasteiger partial charge < -0.3 is 15.8 Å². The number of benzene rings is 1. The molecule has 0 aliphatic heterocycles. The Morgan fingerprint density at radius 3 is 2.95 bits per heavy atom. The first-order valence-electron chi connectivity index (χ1n) is 6.81. The van der Waals surface area contributed by atoms with Crippen LogP contribution in [0.2, 0.25) is 0 Å². The molecule has 0 unspecified atom stereocenters. The van der Waals surface area contributed by atoms with Crippen LogP contribution in [0.3, 0.4) is 0 Å². The Balaban J connectivity index is 1.97. The van der Waals surface area contributed by atoms with Crippen molar-refractivity contribution >= 4 is 28.7 Å². The highest BCUT2D eigenvalue weighted by Crippen LogP contribution is 2.19. The summed E-state index contributed by atoms with van der Waals surface area (Å²) in [7, 11) is 0.